The van der Waals surface area contributed by atoms with Gasteiger partial charge in [0.25, 0.3) is 0 Å². The third-order valence-corrected chi connectivity index (χ3v) is 5.49. The molecular formula is C20H23N5O2. The fourth-order valence-corrected chi connectivity index (χ4v) is 4.04. The average Bonchev–Trinajstić information content (AvgIpc) is 3.28. The van der Waals surface area contributed by atoms with E-state index in [-0.39, 0.29) is 0 Å². The highest BCUT2D eigenvalue weighted by Crippen LogP contribution is 2.36. The quantitative estimate of drug-likeness (QED) is 0.769. The van der Waals surface area contributed by atoms with Gasteiger partial charge in [0.2, 0.25) is 0 Å². The molecule has 0 atom stereocenters. The summed E-state index contributed by atoms with van der Waals surface area (Å²) in [5.41, 5.74) is 3.93. The minimum absolute atomic E-state index is 0.485. The van der Waals surface area contributed by atoms with Gasteiger partial charge in [-0.2, -0.15) is 5.10 Å². The number of nitrogens with one attached hydrogen (secondary N) is 1. The van der Waals surface area contributed by atoms with Crippen molar-refractivity contribution in [2.24, 2.45) is 0 Å². The fraction of sp³-hybridized carbons (Fsp3) is 0.450. The summed E-state index contributed by atoms with van der Waals surface area (Å²) in [6.07, 6.45) is 5.77. The predicted octanol–water partition coefficient (Wildman–Crippen LogP) is 2.75. The summed E-state index contributed by atoms with van der Waals surface area (Å²) in [6.45, 7) is 4.85. The highest BCUT2D eigenvalue weighted by Gasteiger charge is 2.23. The number of anilines is 1. The van der Waals surface area contributed by atoms with E-state index in [0.29, 0.717) is 5.92 Å². The first kappa shape index (κ1) is 16.6. The van der Waals surface area contributed by atoms with Crippen LogP contribution >= 0.6 is 0 Å². The van der Waals surface area contributed by atoms with Crippen molar-refractivity contribution in [2.45, 2.75) is 18.8 Å². The number of hydrogen-bond acceptors (Lipinski definition) is 6. The number of aromatic amines is 1. The van der Waals surface area contributed by atoms with Crippen molar-refractivity contribution in [3.05, 3.63) is 36.2 Å². The first-order valence-electron chi connectivity index (χ1n) is 9.60. The van der Waals surface area contributed by atoms with Crippen molar-refractivity contribution in [1.29, 1.82) is 0 Å². The van der Waals surface area contributed by atoms with Crippen LogP contribution in [0.2, 0.25) is 0 Å². The molecule has 27 heavy (non-hydrogen) atoms. The zero-order valence-corrected chi connectivity index (χ0v) is 15.2. The summed E-state index contributed by atoms with van der Waals surface area (Å²) < 4.78 is 11.1. The van der Waals surface area contributed by atoms with E-state index in [4.69, 9.17) is 14.5 Å². The molecule has 5 heterocycles. The largest absolute Gasteiger partial charge is 0.381 e. The Morgan fingerprint density at radius 1 is 1.04 bits per heavy atom. The number of rotatable bonds is 3. The van der Waals surface area contributed by atoms with Gasteiger partial charge in [0.1, 0.15) is 22.7 Å². The van der Waals surface area contributed by atoms with Gasteiger partial charge in [0.05, 0.1) is 13.2 Å². The third kappa shape index (κ3) is 3.17. The van der Waals surface area contributed by atoms with Gasteiger partial charge < -0.3 is 14.4 Å². The highest BCUT2D eigenvalue weighted by atomic mass is 16.5. The molecule has 0 amide bonds. The molecule has 3 aromatic rings. The zero-order chi connectivity index (χ0) is 18.1. The summed E-state index contributed by atoms with van der Waals surface area (Å²) in [6, 6.07) is 6.31. The van der Waals surface area contributed by atoms with E-state index in [2.05, 4.69) is 32.2 Å². The van der Waals surface area contributed by atoms with Crippen molar-refractivity contribution in [1.82, 2.24) is 20.2 Å². The Morgan fingerprint density at radius 2 is 1.85 bits per heavy atom. The molecule has 2 aliphatic heterocycles. The number of aromatic nitrogens is 4. The molecule has 0 aromatic carbocycles. The number of morpholine rings is 1. The van der Waals surface area contributed by atoms with Gasteiger partial charge in [-0.3, -0.25) is 10.1 Å². The Balaban J connectivity index is 1.69. The summed E-state index contributed by atoms with van der Waals surface area (Å²) in [4.78, 5) is 12.0. The van der Waals surface area contributed by atoms with Crippen LogP contribution in [0.4, 0.5) is 5.82 Å². The molecule has 5 rings (SSSR count). The maximum atomic E-state index is 5.59. The van der Waals surface area contributed by atoms with Gasteiger partial charge in [-0.1, -0.05) is 0 Å². The van der Waals surface area contributed by atoms with E-state index in [1.54, 1.807) is 0 Å². The summed E-state index contributed by atoms with van der Waals surface area (Å²) in [5, 5.41) is 8.40. The molecule has 7 heteroatoms. The molecule has 7 nitrogen and oxygen atoms in total. The van der Waals surface area contributed by atoms with Crippen LogP contribution < -0.4 is 4.90 Å². The number of H-pyrrole nitrogens is 1. The molecule has 0 bridgehead atoms. The lowest BCUT2D eigenvalue weighted by atomic mass is 9.89. The van der Waals surface area contributed by atoms with Crippen LogP contribution in [0.3, 0.4) is 0 Å². The van der Waals surface area contributed by atoms with Gasteiger partial charge in [-0.15, -0.1) is 0 Å². The standard InChI is InChI=1S/C20H23N5O2/c1-5-21-20(17-2-6-22-24-17)19-15(1)16(14-3-9-26-10-4-14)13-18(23-19)25-7-11-27-12-8-25/h1-2,5-6,13-14H,3-4,7-12H2,(H,22,24). The first-order chi connectivity index (χ1) is 13.4. The Labute approximate surface area is 157 Å². The molecule has 2 saturated heterocycles. The molecule has 140 valence electrons. The summed E-state index contributed by atoms with van der Waals surface area (Å²) in [7, 11) is 0. The molecule has 2 aliphatic rings. The normalized spacial score (nSPS) is 18.9. The van der Waals surface area contributed by atoms with Crippen molar-refractivity contribution in [3.63, 3.8) is 0 Å². The minimum atomic E-state index is 0.485. The predicted molar refractivity (Wildman–Crippen MR) is 103 cm³/mol. The highest BCUT2D eigenvalue weighted by molar-refractivity contribution is 5.94. The number of ether oxygens (including phenoxy) is 2. The Bertz CT molecular complexity index is 916. The second kappa shape index (κ2) is 7.25. The monoisotopic (exact) mass is 365 g/mol. The van der Waals surface area contributed by atoms with E-state index in [1.165, 1.54) is 10.9 Å². The number of nitrogens with zero attached hydrogens (tertiary/aromatic N) is 4. The Hall–Kier alpha value is -2.51. The molecule has 3 aromatic heterocycles. The Kier molecular flexibility index (Phi) is 4.47. The van der Waals surface area contributed by atoms with Crippen molar-refractivity contribution < 1.29 is 9.47 Å². The minimum Gasteiger partial charge on any atom is -0.381 e. The number of fused-ring (bicyclic) bond motifs is 1. The van der Waals surface area contributed by atoms with E-state index >= 15 is 0 Å². The van der Waals surface area contributed by atoms with Crippen LogP contribution in [-0.2, 0) is 9.47 Å². The van der Waals surface area contributed by atoms with Crippen molar-refractivity contribution >= 4 is 16.7 Å². The lowest BCUT2D eigenvalue weighted by molar-refractivity contribution is 0.0856. The molecule has 0 aliphatic carbocycles. The molecular weight excluding hydrogens is 342 g/mol. The summed E-state index contributed by atoms with van der Waals surface area (Å²) >= 11 is 0. The van der Waals surface area contributed by atoms with Crippen LogP contribution in [0.25, 0.3) is 22.3 Å². The third-order valence-electron chi connectivity index (χ3n) is 5.49. The van der Waals surface area contributed by atoms with E-state index in [9.17, 15) is 0 Å². The van der Waals surface area contributed by atoms with E-state index < -0.39 is 0 Å². The molecule has 2 fully saturated rings. The number of pyridine rings is 2. The lowest BCUT2D eigenvalue weighted by Crippen LogP contribution is -2.36. The van der Waals surface area contributed by atoms with Crippen LogP contribution in [0.1, 0.15) is 24.3 Å². The maximum Gasteiger partial charge on any atom is 0.129 e. The second-order valence-electron chi connectivity index (χ2n) is 7.07. The van der Waals surface area contributed by atoms with Crippen molar-refractivity contribution in [2.75, 3.05) is 44.4 Å². The topological polar surface area (TPSA) is 76.2 Å². The Morgan fingerprint density at radius 3 is 2.63 bits per heavy atom. The summed E-state index contributed by atoms with van der Waals surface area (Å²) in [5.74, 6) is 1.50. The zero-order valence-electron chi connectivity index (χ0n) is 15.2. The second-order valence-corrected chi connectivity index (χ2v) is 7.07. The first-order valence-corrected chi connectivity index (χ1v) is 9.60. The molecule has 0 unspecified atom stereocenters. The maximum absolute atomic E-state index is 5.59. The smallest absolute Gasteiger partial charge is 0.129 e. The average molecular weight is 365 g/mol. The van der Waals surface area contributed by atoms with Crippen LogP contribution in [-0.4, -0.2) is 59.7 Å². The van der Waals surface area contributed by atoms with Gasteiger partial charge >= 0.3 is 0 Å². The van der Waals surface area contributed by atoms with E-state index in [1.807, 2.05) is 18.5 Å². The molecule has 0 spiro atoms. The number of hydrogen-bond donors (Lipinski definition) is 1. The van der Waals surface area contributed by atoms with Gasteiger partial charge in [0, 0.05) is 44.1 Å². The SMILES string of the molecule is c1cc2c(C3CCOCC3)cc(N3CCOCC3)nc2c(-c2cc[nH]n2)n1. The van der Waals surface area contributed by atoms with Gasteiger partial charge in [0.15, 0.2) is 0 Å². The molecule has 1 N–H and O–H groups in total. The van der Waals surface area contributed by atoms with Crippen LogP contribution in [0.15, 0.2) is 30.6 Å². The van der Waals surface area contributed by atoms with Crippen molar-refractivity contribution in [3.8, 4) is 11.4 Å². The van der Waals surface area contributed by atoms with Crippen LogP contribution in [0.5, 0.6) is 0 Å². The molecule has 0 radical (unpaired) electrons. The van der Waals surface area contributed by atoms with E-state index in [0.717, 1.165) is 75.1 Å². The van der Waals surface area contributed by atoms with Gasteiger partial charge in [-0.25, -0.2) is 4.98 Å². The lowest BCUT2D eigenvalue weighted by Gasteiger charge is -2.30. The molecule has 0 saturated carbocycles. The fourth-order valence-electron chi connectivity index (χ4n) is 4.04. The van der Waals surface area contributed by atoms with Crippen LogP contribution in [0, 0.1) is 0 Å². The van der Waals surface area contributed by atoms with Gasteiger partial charge in [-0.05, 0) is 42.5 Å².